The Morgan fingerprint density at radius 3 is 2.85 bits per heavy atom. The van der Waals surface area contributed by atoms with Crippen LogP contribution in [-0.2, 0) is 0 Å². The number of carbonyl (C=O) groups excluding carboxylic acids is 1. The lowest BCUT2D eigenvalue weighted by Crippen LogP contribution is -2.42. The van der Waals surface area contributed by atoms with Crippen molar-refractivity contribution in [3.05, 3.63) is 34.9 Å². The van der Waals surface area contributed by atoms with Crippen LogP contribution in [0.4, 0.5) is 8.78 Å². The van der Waals surface area contributed by atoms with Crippen LogP contribution in [0.3, 0.4) is 0 Å². The molecule has 1 fully saturated rings. The molecule has 2 unspecified atom stereocenters. The fourth-order valence-electron chi connectivity index (χ4n) is 2.48. The van der Waals surface area contributed by atoms with Gasteiger partial charge in [0, 0.05) is 12.6 Å². The van der Waals surface area contributed by atoms with Crippen LogP contribution >= 0.6 is 0 Å². The zero-order chi connectivity index (χ0) is 14.7. The van der Waals surface area contributed by atoms with Crippen molar-refractivity contribution in [2.75, 3.05) is 19.6 Å². The topological polar surface area (TPSA) is 41.1 Å². The van der Waals surface area contributed by atoms with Crippen molar-refractivity contribution in [1.29, 1.82) is 0 Å². The second-order valence-corrected chi connectivity index (χ2v) is 5.52. The Kier molecular flexibility index (Phi) is 4.70. The van der Waals surface area contributed by atoms with Crippen LogP contribution in [0.25, 0.3) is 0 Å². The molecule has 0 saturated carbocycles. The van der Waals surface area contributed by atoms with Gasteiger partial charge in [0.15, 0.2) is 0 Å². The molecule has 5 heteroatoms. The van der Waals surface area contributed by atoms with Crippen molar-refractivity contribution >= 4 is 5.91 Å². The Labute approximate surface area is 117 Å². The van der Waals surface area contributed by atoms with Gasteiger partial charge in [-0.05, 0) is 49.9 Å². The van der Waals surface area contributed by atoms with Crippen molar-refractivity contribution in [1.82, 2.24) is 10.6 Å². The first kappa shape index (κ1) is 14.9. The maximum atomic E-state index is 13.6. The maximum Gasteiger partial charge on any atom is 0.254 e. The molecule has 2 N–H and O–H groups in total. The summed E-state index contributed by atoms with van der Waals surface area (Å²) in [7, 11) is 0. The summed E-state index contributed by atoms with van der Waals surface area (Å²) in [4.78, 5) is 12.0. The summed E-state index contributed by atoms with van der Waals surface area (Å²) >= 11 is 0. The van der Waals surface area contributed by atoms with Crippen LogP contribution in [0.1, 0.15) is 29.3 Å². The summed E-state index contributed by atoms with van der Waals surface area (Å²) in [5, 5.41) is 6.03. The highest BCUT2D eigenvalue weighted by molar-refractivity contribution is 5.94. The standard InChI is InChI=1S/C15H20F2N2O/c1-9-3-4-18-7-11(9)8-19-15(20)12-5-10(2)13(16)6-14(12)17/h5-6,9,11,18H,3-4,7-8H2,1-2H3,(H,19,20). The monoisotopic (exact) mass is 282 g/mol. The molecule has 1 aromatic carbocycles. The van der Waals surface area contributed by atoms with Crippen LogP contribution < -0.4 is 10.6 Å². The highest BCUT2D eigenvalue weighted by Gasteiger charge is 2.22. The number of halogens is 2. The predicted octanol–water partition coefficient (Wildman–Crippen LogP) is 2.25. The first-order valence-corrected chi connectivity index (χ1v) is 6.93. The number of benzene rings is 1. The van der Waals surface area contributed by atoms with Gasteiger partial charge in [0.1, 0.15) is 11.6 Å². The molecule has 2 rings (SSSR count). The third-order valence-electron chi connectivity index (χ3n) is 4.01. The molecule has 1 amide bonds. The van der Waals surface area contributed by atoms with Gasteiger partial charge in [0.25, 0.3) is 5.91 Å². The van der Waals surface area contributed by atoms with Gasteiger partial charge in [-0.15, -0.1) is 0 Å². The van der Waals surface area contributed by atoms with Crippen LogP contribution in [0, 0.1) is 30.4 Å². The lowest BCUT2D eigenvalue weighted by molar-refractivity contribution is 0.0934. The van der Waals surface area contributed by atoms with Crippen LogP contribution in [0.2, 0.25) is 0 Å². The number of amides is 1. The van der Waals surface area contributed by atoms with E-state index in [1.165, 1.54) is 13.0 Å². The Morgan fingerprint density at radius 1 is 1.40 bits per heavy atom. The fraction of sp³-hybridized carbons (Fsp3) is 0.533. The summed E-state index contributed by atoms with van der Waals surface area (Å²) in [5.74, 6) is -1.07. The van der Waals surface area contributed by atoms with Crippen molar-refractivity contribution in [3.8, 4) is 0 Å². The summed E-state index contributed by atoms with van der Waals surface area (Å²) in [6, 6.07) is 2.01. The SMILES string of the molecule is Cc1cc(C(=O)NCC2CNCCC2C)c(F)cc1F. The lowest BCUT2D eigenvalue weighted by Gasteiger charge is -2.29. The second kappa shape index (κ2) is 6.31. The van der Waals surface area contributed by atoms with Gasteiger partial charge in [0.2, 0.25) is 0 Å². The van der Waals surface area contributed by atoms with Gasteiger partial charge in [-0.2, -0.15) is 0 Å². The van der Waals surface area contributed by atoms with Crippen molar-refractivity contribution in [3.63, 3.8) is 0 Å². The third-order valence-corrected chi connectivity index (χ3v) is 4.01. The van der Waals surface area contributed by atoms with Gasteiger partial charge in [-0.25, -0.2) is 8.78 Å². The average Bonchev–Trinajstić information content (AvgIpc) is 2.41. The van der Waals surface area contributed by atoms with Crippen LogP contribution in [0.15, 0.2) is 12.1 Å². The number of nitrogens with one attached hydrogen (secondary N) is 2. The number of piperidine rings is 1. The number of carbonyl (C=O) groups is 1. The molecule has 3 nitrogen and oxygen atoms in total. The van der Waals surface area contributed by atoms with E-state index in [2.05, 4.69) is 17.6 Å². The Balaban J connectivity index is 2.00. The van der Waals surface area contributed by atoms with E-state index in [0.717, 1.165) is 25.6 Å². The minimum Gasteiger partial charge on any atom is -0.352 e. The van der Waals surface area contributed by atoms with Crippen molar-refractivity contribution in [2.45, 2.75) is 20.3 Å². The molecule has 0 radical (unpaired) electrons. The van der Waals surface area contributed by atoms with E-state index in [0.29, 0.717) is 18.4 Å². The quantitative estimate of drug-likeness (QED) is 0.893. The molecule has 20 heavy (non-hydrogen) atoms. The fourth-order valence-corrected chi connectivity index (χ4v) is 2.48. The van der Waals surface area contributed by atoms with E-state index in [1.54, 1.807) is 0 Å². The van der Waals surface area contributed by atoms with Crippen LogP contribution in [-0.4, -0.2) is 25.5 Å². The van der Waals surface area contributed by atoms with Gasteiger partial charge in [0.05, 0.1) is 5.56 Å². The van der Waals surface area contributed by atoms with E-state index in [-0.39, 0.29) is 11.1 Å². The van der Waals surface area contributed by atoms with E-state index in [1.807, 2.05) is 0 Å². The molecule has 1 aliphatic rings. The third kappa shape index (κ3) is 3.33. The smallest absolute Gasteiger partial charge is 0.254 e. The molecule has 2 atom stereocenters. The van der Waals surface area contributed by atoms with E-state index < -0.39 is 17.5 Å². The zero-order valence-electron chi connectivity index (χ0n) is 11.8. The molecule has 1 aromatic rings. The number of rotatable bonds is 3. The maximum absolute atomic E-state index is 13.6. The minimum atomic E-state index is -0.819. The normalized spacial score (nSPS) is 22.6. The minimum absolute atomic E-state index is 0.0969. The van der Waals surface area contributed by atoms with E-state index in [9.17, 15) is 13.6 Å². The molecule has 1 heterocycles. The van der Waals surface area contributed by atoms with Crippen molar-refractivity contribution < 1.29 is 13.6 Å². The van der Waals surface area contributed by atoms with Gasteiger partial charge < -0.3 is 10.6 Å². The zero-order valence-corrected chi connectivity index (χ0v) is 11.8. The largest absolute Gasteiger partial charge is 0.352 e. The summed E-state index contributed by atoms with van der Waals surface area (Å²) in [6.45, 7) is 6.02. The van der Waals surface area contributed by atoms with E-state index >= 15 is 0 Å². The summed E-state index contributed by atoms with van der Waals surface area (Å²) in [5.41, 5.74) is 0.171. The number of hydrogen-bond acceptors (Lipinski definition) is 2. The molecule has 110 valence electrons. The predicted molar refractivity (Wildman–Crippen MR) is 73.6 cm³/mol. The molecule has 1 saturated heterocycles. The average molecular weight is 282 g/mol. The van der Waals surface area contributed by atoms with E-state index in [4.69, 9.17) is 0 Å². The highest BCUT2D eigenvalue weighted by Crippen LogP contribution is 2.18. The summed E-state index contributed by atoms with van der Waals surface area (Å²) in [6.07, 6.45) is 1.07. The van der Waals surface area contributed by atoms with Gasteiger partial charge >= 0.3 is 0 Å². The summed E-state index contributed by atoms with van der Waals surface area (Å²) < 4.78 is 26.8. The van der Waals surface area contributed by atoms with Gasteiger partial charge in [-0.1, -0.05) is 6.92 Å². The molecule has 0 aliphatic carbocycles. The molecule has 1 aliphatic heterocycles. The lowest BCUT2D eigenvalue weighted by atomic mass is 9.88. The first-order chi connectivity index (χ1) is 9.49. The Bertz CT molecular complexity index is 505. The Morgan fingerprint density at radius 2 is 2.15 bits per heavy atom. The van der Waals surface area contributed by atoms with Crippen LogP contribution in [0.5, 0.6) is 0 Å². The van der Waals surface area contributed by atoms with Gasteiger partial charge in [-0.3, -0.25) is 4.79 Å². The second-order valence-electron chi connectivity index (χ2n) is 5.52. The van der Waals surface area contributed by atoms with Crippen molar-refractivity contribution in [2.24, 2.45) is 11.8 Å². The molecule has 0 bridgehead atoms. The number of aryl methyl sites for hydroxylation is 1. The molecular formula is C15H20F2N2O. The Hall–Kier alpha value is -1.49. The molecule has 0 aromatic heterocycles. The molecule has 0 spiro atoms. The number of hydrogen-bond donors (Lipinski definition) is 2. The molecular weight excluding hydrogens is 262 g/mol. The first-order valence-electron chi connectivity index (χ1n) is 6.93. The highest BCUT2D eigenvalue weighted by atomic mass is 19.1.